The second-order valence-electron chi connectivity index (χ2n) is 4.93. The van der Waals surface area contributed by atoms with E-state index in [1.807, 2.05) is 13.0 Å². The van der Waals surface area contributed by atoms with Gasteiger partial charge in [-0.1, -0.05) is 37.3 Å². The third-order valence-corrected chi connectivity index (χ3v) is 3.52. The predicted octanol–water partition coefficient (Wildman–Crippen LogP) is 0.784. The van der Waals surface area contributed by atoms with Gasteiger partial charge in [0.05, 0.1) is 5.92 Å². The minimum absolute atomic E-state index is 0.162. The zero-order chi connectivity index (χ0) is 13.8. The molecule has 1 aliphatic heterocycles. The summed E-state index contributed by atoms with van der Waals surface area (Å²) < 4.78 is 0. The third-order valence-electron chi connectivity index (χ3n) is 3.52. The van der Waals surface area contributed by atoms with Crippen LogP contribution in [0.15, 0.2) is 30.3 Å². The monoisotopic (exact) mass is 262 g/mol. The van der Waals surface area contributed by atoms with Crippen molar-refractivity contribution >= 4 is 11.9 Å². The second-order valence-corrected chi connectivity index (χ2v) is 4.93. The maximum atomic E-state index is 12.1. The van der Waals surface area contributed by atoms with Gasteiger partial charge in [-0.15, -0.1) is 0 Å². The summed E-state index contributed by atoms with van der Waals surface area (Å²) in [5.74, 6) is -1.18. The largest absolute Gasteiger partial charge is 0.479 e. The van der Waals surface area contributed by atoms with Crippen LogP contribution in [-0.4, -0.2) is 30.1 Å². The second kappa shape index (κ2) is 5.84. The van der Waals surface area contributed by atoms with Crippen molar-refractivity contribution in [3.8, 4) is 0 Å². The number of carboxylic acids is 1. The molecule has 1 fully saturated rings. The zero-order valence-corrected chi connectivity index (χ0v) is 10.8. The Balaban J connectivity index is 2.09. The number of aliphatic carboxylic acids is 1. The number of carbonyl (C=O) groups is 2. The lowest BCUT2D eigenvalue weighted by molar-refractivity contribution is -0.142. The van der Waals surface area contributed by atoms with E-state index in [2.05, 4.69) is 10.6 Å². The summed E-state index contributed by atoms with van der Waals surface area (Å²) in [4.78, 5) is 23.4. The van der Waals surface area contributed by atoms with Gasteiger partial charge in [-0.3, -0.25) is 4.79 Å². The molecule has 1 aliphatic rings. The summed E-state index contributed by atoms with van der Waals surface area (Å²) in [5.41, 5.74) is 0.585. The smallest absolute Gasteiger partial charge is 0.330 e. The summed E-state index contributed by atoms with van der Waals surface area (Å²) in [5, 5.41) is 15.0. The van der Waals surface area contributed by atoms with Crippen LogP contribution in [0.2, 0.25) is 0 Å². The maximum absolute atomic E-state index is 12.1. The molecule has 3 atom stereocenters. The highest BCUT2D eigenvalue weighted by Crippen LogP contribution is 2.19. The molecule has 1 heterocycles. The molecule has 5 heteroatoms. The number of amides is 1. The molecule has 19 heavy (non-hydrogen) atoms. The number of nitrogens with one attached hydrogen (secondary N) is 2. The Kier molecular flexibility index (Phi) is 4.16. The highest BCUT2D eigenvalue weighted by molar-refractivity contribution is 5.86. The van der Waals surface area contributed by atoms with Gasteiger partial charge >= 0.3 is 5.97 Å². The Hall–Kier alpha value is -1.88. The standard InChI is InChI=1S/C14H18N2O3/c1-9-7-15-8-11(9)13(17)16-12(14(18)19)10-5-3-2-4-6-10/h2-6,9,11-12,15H,7-8H2,1H3,(H,16,17)(H,18,19)/t9?,11?,12-/m1/s1. The minimum Gasteiger partial charge on any atom is -0.479 e. The molecular formula is C14H18N2O3. The van der Waals surface area contributed by atoms with Crippen molar-refractivity contribution < 1.29 is 14.7 Å². The van der Waals surface area contributed by atoms with Crippen LogP contribution in [0.3, 0.4) is 0 Å². The van der Waals surface area contributed by atoms with Crippen LogP contribution in [0.25, 0.3) is 0 Å². The number of rotatable bonds is 4. The van der Waals surface area contributed by atoms with Crippen LogP contribution < -0.4 is 10.6 Å². The number of hydrogen-bond donors (Lipinski definition) is 3. The van der Waals surface area contributed by atoms with Gasteiger partial charge in [0.25, 0.3) is 0 Å². The first kappa shape index (κ1) is 13.5. The van der Waals surface area contributed by atoms with Crippen LogP contribution in [0, 0.1) is 11.8 Å². The minimum atomic E-state index is -1.04. The fourth-order valence-electron chi connectivity index (χ4n) is 2.34. The first-order chi connectivity index (χ1) is 9.09. The van der Waals surface area contributed by atoms with E-state index in [9.17, 15) is 14.7 Å². The fourth-order valence-corrected chi connectivity index (χ4v) is 2.34. The molecular weight excluding hydrogens is 244 g/mol. The Labute approximate surface area is 112 Å². The summed E-state index contributed by atoms with van der Waals surface area (Å²) in [6.45, 7) is 3.39. The lowest BCUT2D eigenvalue weighted by Gasteiger charge is -2.19. The van der Waals surface area contributed by atoms with E-state index >= 15 is 0 Å². The molecule has 0 radical (unpaired) electrons. The third kappa shape index (κ3) is 3.12. The van der Waals surface area contributed by atoms with Crippen molar-refractivity contribution in [2.75, 3.05) is 13.1 Å². The zero-order valence-electron chi connectivity index (χ0n) is 10.8. The Morgan fingerprint density at radius 3 is 2.53 bits per heavy atom. The van der Waals surface area contributed by atoms with Crippen molar-refractivity contribution in [2.45, 2.75) is 13.0 Å². The van der Waals surface area contributed by atoms with Crippen molar-refractivity contribution in [1.29, 1.82) is 0 Å². The summed E-state index contributed by atoms with van der Waals surface area (Å²) in [6, 6.07) is 7.76. The topological polar surface area (TPSA) is 78.4 Å². The van der Waals surface area contributed by atoms with Gasteiger partial charge in [0.1, 0.15) is 0 Å². The summed E-state index contributed by atoms with van der Waals surface area (Å²) in [7, 11) is 0. The lowest BCUT2D eigenvalue weighted by Crippen LogP contribution is -2.39. The number of benzene rings is 1. The lowest BCUT2D eigenvalue weighted by atomic mass is 9.96. The normalized spacial score (nSPS) is 23.8. The average Bonchev–Trinajstić information content (AvgIpc) is 2.82. The van der Waals surface area contributed by atoms with E-state index in [0.717, 1.165) is 6.54 Å². The van der Waals surface area contributed by atoms with E-state index in [4.69, 9.17) is 0 Å². The van der Waals surface area contributed by atoms with E-state index in [0.29, 0.717) is 12.1 Å². The van der Waals surface area contributed by atoms with Gasteiger partial charge in [0.2, 0.25) is 5.91 Å². The molecule has 2 unspecified atom stereocenters. The van der Waals surface area contributed by atoms with Crippen molar-refractivity contribution in [3.05, 3.63) is 35.9 Å². The fraction of sp³-hybridized carbons (Fsp3) is 0.429. The van der Waals surface area contributed by atoms with Crippen LogP contribution in [-0.2, 0) is 9.59 Å². The van der Waals surface area contributed by atoms with Crippen molar-refractivity contribution in [3.63, 3.8) is 0 Å². The van der Waals surface area contributed by atoms with Crippen molar-refractivity contribution in [2.24, 2.45) is 11.8 Å². The molecule has 102 valence electrons. The van der Waals surface area contributed by atoms with Gasteiger partial charge in [0.15, 0.2) is 6.04 Å². The Morgan fingerprint density at radius 1 is 1.32 bits per heavy atom. The van der Waals surface area contributed by atoms with Gasteiger partial charge in [-0.2, -0.15) is 0 Å². The Bertz CT molecular complexity index is 461. The van der Waals surface area contributed by atoms with Crippen molar-refractivity contribution in [1.82, 2.24) is 10.6 Å². The molecule has 0 aliphatic carbocycles. The van der Waals surface area contributed by atoms with Crippen LogP contribution in [0.1, 0.15) is 18.5 Å². The van der Waals surface area contributed by atoms with Crippen LogP contribution in [0.5, 0.6) is 0 Å². The molecule has 0 saturated carbocycles. The molecule has 0 aromatic heterocycles. The summed E-state index contributed by atoms with van der Waals surface area (Å²) in [6.07, 6.45) is 0. The van der Waals surface area contributed by atoms with Crippen LogP contribution >= 0.6 is 0 Å². The van der Waals surface area contributed by atoms with Gasteiger partial charge < -0.3 is 15.7 Å². The highest BCUT2D eigenvalue weighted by atomic mass is 16.4. The number of carboxylic acid groups (broad SMARTS) is 1. The molecule has 1 aromatic rings. The predicted molar refractivity (Wildman–Crippen MR) is 70.5 cm³/mol. The van der Waals surface area contributed by atoms with Crippen LogP contribution in [0.4, 0.5) is 0 Å². The molecule has 1 aromatic carbocycles. The first-order valence-electron chi connectivity index (χ1n) is 6.38. The average molecular weight is 262 g/mol. The molecule has 2 rings (SSSR count). The van der Waals surface area contributed by atoms with E-state index in [1.54, 1.807) is 24.3 Å². The molecule has 5 nitrogen and oxygen atoms in total. The molecule has 1 saturated heterocycles. The first-order valence-corrected chi connectivity index (χ1v) is 6.38. The van der Waals surface area contributed by atoms with Gasteiger partial charge in [-0.25, -0.2) is 4.79 Å². The van der Waals surface area contributed by atoms with E-state index in [-0.39, 0.29) is 17.7 Å². The van der Waals surface area contributed by atoms with Gasteiger partial charge in [-0.05, 0) is 18.0 Å². The SMILES string of the molecule is CC1CNCC1C(=O)N[C@@H](C(=O)O)c1ccccc1. The van der Waals surface area contributed by atoms with E-state index < -0.39 is 12.0 Å². The molecule has 3 N–H and O–H groups in total. The maximum Gasteiger partial charge on any atom is 0.330 e. The van der Waals surface area contributed by atoms with Gasteiger partial charge in [0, 0.05) is 6.54 Å². The molecule has 0 bridgehead atoms. The molecule has 0 spiro atoms. The Morgan fingerprint density at radius 2 is 2.00 bits per heavy atom. The molecule has 1 amide bonds. The summed E-state index contributed by atoms with van der Waals surface area (Å²) >= 11 is 0. The highest BCUT2D eigenvalue weighted by Gasteiger charge is 2.32. The number of carbonyl (C=O) groups excluding carboxylic acids is 1. The quantitative estimate of drug-likeness (QED) is 0.749. The number of hydrogen-bond acceptors (Lipinski definition) is 3. The van der Waals surface area contributed by atoms with E-state index in [1.165, 1.54) is 0 Å².